The van der Waals surface area contributed by atoms with Gasteiger partial charge < -0.3 is 46.9 Å². The summed E-state index contributed by atoms with van der Waals surface area (Å²) < 4.78 is 17.0. The first-order chi connectivity index (χ1) is 18.4. The van der Waals surface area contributed by atoms with E-state index in [0.717, 1.165) is 0 Å². The van der Waals surface area contributed by atoms with E-state index in [1.807, 2.05) is 0 Å². The predicted molar refractivity (Wildman–Crippen MR) is 133 cm³/mol. The quantitative estimate of drug-likeness (QED) is 0.136. The number of hydrogen-bond donors (Lipinski definition) is 6. The van der Waals surface area contributed by atoms with Gasteiger partial charge in [-0.1, -0.05) is 12.1 Å². The molecule has 0 bridgehead atoms. The number of aliphatic hydroxyl groups excluding tert-OH is 2. The zero-order valence-electron chi connectivity index (χ0n) is 23.2. The van der Waals surface area contributed by atoms with Crippen LogP contribution in [0.1, 0.15) is 70.3 Å². The molecule has 0 aromatic heterocycles. The smallest absolute Gasteiger partial charge is 1.00 e. The van der Waals surface area contributed by atoms with E-state index >= 15 is 0 Å². The minimum atomic E-state index is -2.24. The maximum atomic E-state index is 13.6. The molecule has 0 amide bonds. The predicted octanol–water partition coefficient (Wildman–Crippen LogP) is -2.88. The number of carbonyl (C=O) groups excluding carboxylic acids is 3. The van der Waals surface area contributed by atoms with Gasteiger partial charge in [-0.2, -0.15) is 0 Å². The number of aromatic hydroxyl groups is 2. The molecule has 13 heteroatoms. The van der Waals surface area contributed by atoms with Crippen molar-refractivity contribution in [1.29, 1.82) is 0 Å². The summed E-state index contributed by atoms with van der Waals surface area (Å²) in [5.74, 6) is -3.77. The van der Waals surface area contributed by atoms with Crippen LogP contribution in [0.25, 0.3) is 0 Å². The van der Waals surface area contributed by atoms with E-state index in [0.29, 0.717) is 0 Å². The van der Waals surface area contributed by atoms with E-state index in [-0.39, 0.29) is 65.4 Å². The number of phenols is 2. The van der Waals surface area contributed by atoms with Gasteiger partial charge in [-0.3, -0.25) is 14.4 Å². The molecular formula is C27H30NNaO11. The Hall–Kier alpha value is -2.39. The Labute approximate surface area is 252 Å². The Balaban J connectivity index is 0.00000231. The topological polar surface area (TPSA) is 206 Å². The molecule has 1 saturated heterocycles. The number of carbonyl (C=O) groups is 3. The van der Waals surface area contributed by atoms with Gasteiger partial charge in [0.2, 0.25) is 5.78 Å². The van der Waals surface area contributed by atoms with Crippen molar-refractivity contribution in [3.63, 3.8) is 0 Å². The Morgan fingerprint density at radius 2 is 1.85 bits per heavy atom. The second-order valence-corrected chi connectivity index (χ2v) is 10.2. The summed E-state index contributed by atoms with van der Waals surface area (Å²) in [7, 11) is 1.32. The van der Waals surface area contributed by atoms with Crippen LogP contribution in [0.3, 0.4) is 0 Å². The largest absolute Gasteiger partial charge is 1.00 e. The van der Waals surface area contributed by atoms with Crippen LogP contribution in [0.2, 0.25) is 0 Å². The normalized spacial score (nSPS) is 29.1. The average molecular weight is 568 g/mol. The summed E-state index contributed by atoms with van der Waals surface area (Å²) in [5.41, 5.74) is 2.37. The first-order valence-corrected chi connectivity index (χ1v) is 12.4. The molecule has 210 valence electrons. The number of aliphatic hydroxyl groups is 3. The second-order valence-electron chi connectivity index (χ2n) is 10.2. The number of rotatable bonds is 5. The van der Waals surface area contributed by atoms with E-state index in [4.69, 9.17) is 19.9 Å². The molecule has 2 aromatic rings. The summed E-state index contributed by atoms with van der Waals surface area (Å²) >= 11 is 0. The number of nitrogens with two attached hydrogens (primary N) is 1. The van der Waals surface area contributed by atoms with Gasteiger partial charge >= 0.3 is 29.6 Å². The number of fused-ring (bicyclic) bond motifs is 3. The van der Waals surface area contributed by atoms with Crippen molar-refractivity contribution >= 4 is 17.3 Å². The van der Waals surface area contributed by atoms with E-state index in [9.17, 15) is 39.9 Å². The van der Waals surface area contributed by atoms with Gasteiger partial charge in [0, 0.05) is 42.0 Å². The standard InChI is InChI=1S/C27H29NO11.Na.H/c1-10-22(31)13(28)6-17(38-10)39-15-8-27(36,16(30)9-29)7-12-19(15)26(35)21-20(24(12)33)23(32)11-4-3-5-14(37-2)18(11)25(21)34;;/h3-5,10,13,15,17,22,29,31,33,35-36H,6-9,28H2,1-2H3;;/q;+1;-1/t10-,13-,15-,17-,22+,27-;;/m0../s1. The van der Waals surface area contributed by atoms with Crippen LogP contribution in [0.4, 0.5) is 0 Å². The van der Waals surface area contributed by atoms with Crippen molar-refractivity contribution in [3.8, 4) is 17.2 Å². The summed E-state index contributed by atoms with van der Waals surface area (Å²) in [6.45, 7) is 0.560. The minimum absolute atomic E-state index is 0. The van der Waals surface area contributed by atoms with Gasteiger partial charge in [0.15, 0.2) is 17.9 Å². The van der Waals surface area contributed by atoms with Gasteiger partial charge in [-0.05, 0) is 13.0 Å². The molecule has 0 radical (unpaired) electrons. The fraction of sp³-hybridized carbons (Fsp3) is 0.444. The zero-order valence-corrected chi connectivity index (χ0v) is 24.2. The minimum Gasteiger partial charge on any atom is -1.00 e. The van der Waals surface area contributed by atoms with Crippen molar-refractivity contribution in [3.05, 3.63) is 51.6 Å². The molecule has 6 atom stereocenters. The van der Waals surface area contributed by atoms with Crippen molar-refractivity contribution in [2.45, 2.75) is 62.4 Å². The van der Waals surface area contributed by atoms with E-state index in [2.05, 4.69) is 0 Å². The number of phenolic OH excluding ortho intramolecular Hbond substituents is 2. The van der Waals surface area contributed by atoms with E-state index in [1.54, 1.807) is 6.92 Å². The molecular weight excluding hydrogens is 537 g/mol. The molecule has 2 aliphatic carbocycles. The molecule has 2 aromatic carbocycles. The molecule has 1 aliphatic heterocycles. The number of ether oxygens (including phenoxy) is 3. The average Bonchev–Trinajstić information content (AvgIpc) is 2.90. The van der Waals surface area contributed by atoms with Crippen LogP contribution in [0, 0.1) is 0 Å². The number of Topliss-reactive ketones (excluding diaryl/α,β-unsaturated/α-hetero) is 1. The molecule has 1 heterocycles. The molecule has 0 unspecified atom stereocenters. The molecule has 1 fully saturated rings. The van der Waals surface area contributed by atoms with Gasteiger partial charge in [-0.15, -0.1) is 0 Å². The van der Waals surface area contributed by atoms with Crippen molar-refractivity contribution in [2.24, 2.45) is 5.73 Å². The summed E-state index contributed by atoms with van der Waals surface area (Å²) in [6.07, 6.45) is -5.12. The van der Waals surface area contributed by atoms with Crippen LogP contribution < -0.4 is 40.0 Å². The van der Waals surface area contributed by atoms with Gasteiger partial charge in [0.1, 0.15) is 29.5 Å². The summed E-state index contributed by atoms with van der Waals surface area (Å²) in [5, 5.41) is 53.7. The van der Waals surface area contributed by atoms with Gasteiger partial charge in [0.05, 0.1) is 42.1 Å². The Bertz CT molecular complexity index is 1390. The molecule has 0 spiro atoms. The zero-order chi connectivity index (χ0) is 28.4. The third-order valence-corrected chi connectivity index (χ3v) is 7.81. The van der Waals surface area contributed by atoms with Crippen LogP contribution in [0.5, 0.6) is 17.2 Å². The number of methoxy groups -OCH3 is 1. The third-order valence-electron chi connectivity index (χ3n) is 7.81. The van der Waals surface area contributed by atoms with E-state index in [1.165, 1.54) is 25.3 Å². The molecule has 7 N–H and O–H groups in total. The number of hydrogen-bond acceptors (Lipinski definition) is 12. The maximum absolute atomic E-state index is 13.6. The Kier molecular flexibility index (Phi) is 8.50. The number of ketones is 3. The first kappa shape index (κ1) is 30.6. The summed E-state index contributed by atoms with van der Waals surface area (Å²) in [4.78, 5) is 39.7. The molecule has 0 saturated carbocycles. The Morgan fingerprint density at radius 1 is 1.18 bits per heavy atom. The molecule has 40 heavy (non-hydrogen) atoms. The maximum Gasteiger partial charge on any atom is 1.00 e. The third kappa shape index (κ3) is 4.67. The van der Waals surface area contributed by atoms with Crippen LogP contribution >= 0.6 is 0 Å². The van der Waals surface area contributed by atoms with Crippen LogP contribution in [0.15, 0.2) is 18.2 Å². The molecule has 5 rings (SSSR count). The van der Waals surface area contributed by atoms with Gasteiger partial charge in [0.25, 0.3) is 0 Å². The van der Waals surface area contributed by atoms with Crippen LogP contribution in [-0.4, -0.2) is 86.7 Å². The van der Waals surface area contributed by atoms with Crippen molar-refractivity contribution < 1.29 is 85.1 Å². The second kappa shape index (κ2) is 11.1. The molecule has 3 aliphatic rings. The number of benzene rings is 2. The van der Waals surface area contributed by atoms with E-state index < -0.39 is 95.7 Å². The monoisotopic (exact) mass is 567 g/mol. The summed E-state index contributed by atoms with van der Waals surface area (Å²) in [6, 6.07) is 3.64. The SMILES string of the molecule is COc1cccc2c1C(=O)c1c(O)c3c(c(O)c1C2=O)C[C@@](O)(C(=O)CO)C[C@@H]3O[C@H]1C[C@H](N)[C@H](O)[C@H](C)O1.[H-].[Na+]. The Morgan fingerprint density at radius 3 is 2.48 bits per heavy atom. The fourth-order valence-corrected chi connectivity index (χ4v) is 5.75. The van der Waals surface area contributed by atoms with Crippen molar-refractivity contribution in [2.75, 3.05) is 13.7 Å². The van der Waals surface area contributed by atoms with Crippen molar-refractivity contribution in [1.82, 2.24) is 0 Å². The van der Waals surface area contributed by atoms with Gasteiger partial charge in [-0.25, -0.2) is 0 Å². The first-order valence-electron chi connectivity index (χ1n) is 12.4. The fourth-order valence-electron chi connectivity index (χ4n) is 5.75. The molecule has 12 nitrogen and oxygen atoms in total. The van der Waals surface area contributed by atoms with Crippen LogP contribution in [-0.2, 0) is 20.7 Å².